The molecule has 4 unspecified atom stereocenters. The Hall–Kier alpha value is -1.85. The molecule has 3 heterocycles. The Kier molecular flexibility index (Phi) is 1.55. The van der Waals surface area contributed by atoms with Crippen LogP contribution in [0, 0.1) is 17.8 Å². The van der Waals surface area contributed by atoms with E-state index in [2.05, 4.69) is 0 Å². The van der Waals surface area contributed by atoms with Crippen molar-refractivity contribution in [2.24, 2.45) is 24.8 Å². The molecule has 6 nitrogen and oxygen atoms in total. The molecule has 94 valence electrons. The lowest BCUT2D eigenvalue weighted by Gasteiger charge is -2.32. The number of carbonyl (C=O) groups excluding carboxylic acids is 1. The van der Waals surface area contributed by atoms with Gasteiger partial charge >= 0.3 is 11.4 Å². The van der Waals surface area contributed by atoms with E-state index in [1.54, 1.807) is 6.92 Å². The Labute approximate surface area is 102 Å². The number of allylic oxidation sites excluding steroid dienone is 2. The van der Waals surface area contributed by atoms with Gasteiger partial charge in [-0.25, -0.2) is 23.5 Å². The van der Waals surface area contributed by atoms with Crippen LogP contribution in [0.1, 0.15) is 19.0 Å². The predicted octanol–water partition coefficient (Wildman–Crippen LogP) is -0.535. The van der Waals surface area contributed by atoms with Gasteiger partial charge in [0, 0.05) is 24.8 Å². The van der Waals surface area contributed by atoms with Crippen molar-refractivity contribution in [2.75, 3.05) is 0 Å². The highest BCUT2D eigenvalue weighted by Crippen LogP contribution is 2.63. The van der Waals surface area contributed by atoms with Crippen molar-refractivity contribution < 1.29 is 4.79 Å². The summed E-state index contributed by atoms with van der Waals surface area (Å²) in [5.74, 6) is 0.583. The summed E-state index contributed by atoms with van der Waals surface area (Å²) in [6.45, 7) is 1.60. The van der Waals surface area contributed by atoms with Crippen molar-refractivity contribution in [3.8, 4) is 0 Å². The summed E-state index contributed by atoms with van der Waals surface area (Å²) in [6, 6.07) is -0.259. The molecule has 18 heavy (non-hydrogen) atoms. The lowest BCUT2D eigenvalue weighted by Crippen LogP contribution is -2.40. The molecule has 4 atom stereocenters. The van der Waals surface area contributed by atoms with Crippen LogP contribution in [0.25, 0.3) is 0 Å². The number of carbonyl (C=O) groups is 1. The standard InChI is InChI=1S/C12H13N3O3/c1-5(16)8-9-6-3-4-7(10(8)9)15-12(18)13(2)11(17)14(6)15/h3-4,6-10H,1-2H3. The van der Waals surface area contributed by atoms with Gasteiger partial charge < -0.3 is 0 Å². The molecule has 0 N–H and O–H groups in total. The smallest absolute Gasteiger partial charge is 0.300 e. The van der Waals surface area contributed by atoms with E-state index >= 15 is 0 Å². The van der Waals surface area contributed by atoms with Gasteiger partial charge in [-0.2, -0.15) is 0 Å². The Bertz CT molecular complexity index is 668. The molecule has 0 spiro atoms. The molecule has 1 fully saturated rings. The minimum absolute atomic E-state index is 0.00602. The molecule has 6 heteroatoms. The number of hydrogen-bond donors (Lipinski definition) is 0. The van der Waals surface area contributed by atoms with Crippen molar-refractivity contribution >= 4 is 5.78 Å². The van der Waals surface area contributed by atoms with Gasteiger partial charge in [0.1, 0.15) is 5.78 Å². The summed E-state index contributed by atoms with van der Waals surface area (Å²) in [5, 5.41) is 0. The van der Waals surface area contributed by atoms with Crippen LogP contribution < -0.4 is 11.4 Å². The van der Waals surface area contributed by atoms with Crippen LogP contribution >= 0.6 is 0 Å². The lowest BCUT2D eigenvalue weighted by atomic mass is 9.96. The van der Waals surface area contributed by atoms with Crippen molar-refractivity contribution in [3.63, 3.8) is 0 Å². The molecule has 2 aliphatic carbocycles. The highest BCUT2D eigenvalue weighted by atomic mass is 16.2. The summed E-state index contributed by atoms with van der Waals surface area (Å²) >= 11 is 0. The highest BCUT2D eigenvalue weighted by Gasteiger charge is 2.65. The number of aromatic nitrogens is 3. The van der Waals surface area contributed by atoms with Crippen LogP contribution in [0.3, 0.4) is 0 Å². The van der Waals surface area contributed by atoms with Crippen LogP contribution in [0.15, 0.2) is 21.7 Å². The van der Waals surface area contributed by atoms with Gasteiger partial charge in [0.15, 0.2) is 0 Å². The molecule has 2 aliphatic heterocycles. The first-order valence-corrected chi connectivity index (χ1v) is 6.13. The van der Waals surface area contributed by atoms with E-state index < -0.39 is 0 Å². The van der Waals surface area contributed by atoms with Crippen LogP contribution in [0.4, 0.5) is 0 Å². The van der Waals surface area contributed by atoms with Crippen molar-refractivity contribution in [1.29, 1.82) is 0 Å². The molecule has 1 saturated carbocycles. The molecule has 2 bridgehead atoms. The third-order valence-electron chi connectivity index (χ3n) is 4.66. The zero-order chi connectivity index (χ0) is 12.8. The summed E-state index contributed by atoms with van der Waals surface area (Å²) in [7, 11) is 1.50. The summed E-state index contributed by atoms with van der Waals surface area (Å²) in [5.41, 5.74) is -0.570. The van der Waals surface area contributed by atoms with E-state index in [1.165, 1.54) is 16.4 Å². The van der Waals surface area contributed by atoms with E-state index in [0.717, 1.165) is 4.57 Å². The minimum atomic E-state index is -0.285. The Morgan fingerprint density at radius 1 is 1.06 bits per heavy atom. The summed E-state index contributed by atoms with van der Waals surface area (Å²) < 4.78 is 4.19. The van der Waals surface area contributed by atoms with Crippen LogP contribution in [-0.4, -0.2) is 19.7 Å². The zero-order valence-electron chi connectivity index (χ0n) is 10.1. The summed E-state index contributed by atoms with van der Waals surface area (Å²) in [4.78, 5) is 35.7. The van der Waals surface area contributed by atoms with E-state index in [1.807, 2.05) is 12.2 Å². The first-order valence-electron chi connectivity index (χ1n) is 6.13. The first-order chi connectivity index (χ1) is 8.54. The topological polar surface area (TPSA) is 66.0 Å². The molecular weight excluding hydrogens is 234 g/mol. The minimum Gasteiger partial charge on any atom is -0.300 e. The maximum Gasteiger partial charge on any atom is 0.347 e. The third-order valence-corrected chi connectivity index (χ3v) is 4.66. The fourth-order valence-corrected chi connectivity index (χ4v) is 3.87. The van der Waals surface area contributed by atoms with Gasteiger partial charge in [-0.05, 0) is 6.92 Å². The highest BCUT2D eigenvalue weighted by molar-refractivity contribution is 5.82. The molecular formula is C12H13N3O3. The molecule has 1 aromatic rings. The van der Waals surface area contributed by atoms with Gasteiger partial charge in [0.25, 0.3) is 0 Å². The number of Topliss-reactive ketones (excluding diaryl/α,β-unsaturated/α-hetero) is 1. The van der Waals surface area contributed by atoms with Crippen molar-refractivity contribution in [1.82, 2.24) is 13.9 Å². The monoisotopic (exact) mass is 247 g/mol. The van der Waals surface area contributed by atoms with E-state index in [-0.39, 0.29) is 47.0 Å². The normalized spacial score (nSPS) is 38.4. The van der Waals surface area contributed by atoms with Gasteiger partial charge in [-0.1, -0.05) is 12.2 Å². The molecule has 0 radical (unpaired) electrons. The predicted molar refractivity (Wildman–Crippen MR) is 62.3 cm³/mol. The second-order valence-corrected chi connectivity index (χ2v) is 5.47. The SMILES string of the molecule is CC(=O)C1C2C1C1C=CC2n2c(=O)n(C)c(=O)n21. The Balaban J connectivity index is 1.97. The van der Waals surface area contributed by atoms with Gasteiger partial charge in [0.2, 0.25) is 0 Å². The lowest BCUT2D eigenvalue weighted by molar-refractivity contribution is -0.118. The van der Waals surface area contributed by atoms with Crippen LogP contribution in [0.5, 0.6) is 0 Å². The maximum atomic E-state index is 12.1. The van der Waals surface area contributed by atoms with Gasteiger partial charge in [-0.3, -0.25) is 4.79 Å². The van der Waals surface area contributed by atoms with E-state index in [4.69, 9.17) is 0 Å². The molecule has 0 aromatic carbocycles. The van der Waals surface area contributed by atoms with E-state index in [9.17, 15) is 14.4 Å². The van der Waals surface area contributed by atoms with Gasteiger partial charge in [-0.15, -0.1) is 0 Å². The fourth-order valence-electron chi connectivity index (χ4n) is 3.87. The Morgan fingerprint density at radius 3 is 1.89 bits per heavy atom. The third kappa shape index (κ3) is 0.866. The number of rotatable bonds is 1. The largest absolute Gasteiger partial charge is 0.347 e. The average Bonchev–Trinajstić information content (AvgIpc) is 3.07. The number of hydrogen-bond acceptors (Lipinski definition) is 3. The number of ketones is 1. The maximum absolute atomic E-state index is 12.1. The second kappa shape index (κ2) is 2.76. The van der Waals surface area contributed by atoms with Crippen LogP contribution in [0.2, 0.25) is 0 Å². The second-order valence-electron chi connectivity index (χ2n) is 5.47. The first kappa shape index (κ1) is 10.1. The number of nitrogens with zero attached hydrogens (tertiary/aromatic N) is 3. The zero-order valence-corrected chi connectivity index (χ0v) is 10.1. The summed E-state index contributed by atoms with van der Waals surface area (Å²) in [6.07, 6.45) is 3.94. The van der Waals surface area contributed by atoms with Crippen LogP contribution in [-0.2, 0) is 11.8 Å². The molecule has 5 rings (SSSR count). The van der Waals surface area contributed by atoms with Crippen molar-refractivity contribution in [2.45, 2.75) is 19.0 Å². The van der Waals surface area contributed by atoms with Gasteiger partial charge in [0.05, 0.1) is 12.1 Å². The average molecular weight is 247 g/mol. The fraction of sp³-hybridized carbons (Fsp3) is 0.583. The van der Waals surface area contributed by atoms with Crippen molar-refractivity contribution in [3.05, 3.63) is 33.1 Å². The molecule has 0 amide bonds. The molecule has 1 aromatic heterocycles. The molecule has 4 aliphatic rings. The Morgan fingerprint density at radius 2 is 1.50 bits per heavy atom. The quantitative estimate of drug-likeness (QED) is 0.626. The molecule has 0 saturated heterocycles. The van der Waals surface area contributed by atoms with E-state index in [0.29, 0.717) is 0 Å².